The molecule has 0 fully saturated rings. The van der Waals surface area contributed by atoms with Crippen molar-refractivity contribution in [2.45, 2.75) is 10.1 Å². The van der Waals surface area contributed by atoms with Gasteiger partial charge in [-0.15, -0.1) is 0 Å². The molecule has 0 saturated heterocycles. The Balaban J connectivity index is 1.94. The van der Waals surface area contributed by atoms with Crippen LogP contribution in [0.1, 0.15) is 5.56 Å². The van der Waals surface area contributed by atoms with E-state index in [1.165, 1.54) is 11.8 Å². The standard InChI is InChI=1S/C14H7BrN2OS/c15-10-7-9(8-16)5-6-13(10)19-14-17-11-3-1-2-4-12(11)18-14/h1-7H. The van der Waals surface area contributed by atoms with E-state index in [4.69, 9.17) is 9.68 Å². The Morgan fingerprint density at radius 2 is 2.05 bits per heavy atom. The molecule has 0 unspecified atom stereocenters. The van der Waals surface area contributed by atoms with Crippen molar-refractivity contribution in [1.82, 2.24) is 4.98 Å². The van der Waals surface area contributed by atoms with Gasteiger partial charge in [0.1, 0.15) is 5.52 Å². The molecule has 0 aliphatic carbocycles. The van der Waals surface area contributed by atoms with Crippen LogP contribution < -0.4 is 0 Å². The first-order valence-electron chi connectivity index (χ1n) is 5.49. The van der Waals surface area contributed by atoms with Crippen LogP contribution in [-0.2, 0) is 0 Å². The molecule has 0 atom stereocenters. The molecule has 0 N–H and O–H groups in total. The molecule has 0 saturated carbocycles. The van der Waals surface area contributed by atoms with Gasteiger partial charge in [-0.25, -0.2) is 4.98 Å². The lowest BCUT2D eigenvalue weighted by molar-refractivity contribution is 0.489. The lowest BCUT2D eigenvalue weighted by Crippen LogP contribution is -1.79. The number of para-hydroxylation sites is 2. The first-order valence-corrected chi connectivity index (χ1v) is 7.10. The van der Waals surface area contributed by atoms with Crippen LogP contribution in [0.2, 0.25) is 0 Å². The Morgan fingerprint density at radius 1 is 1.21 bits per heavy atom. The highest BCUT2D eigenvalue weighted by Crippen LogP contribution is 2.34. The highest BCUT2D eigenvalue weighted by atomic mass is 79.9. The number of hydrogen-bond donors (Lipinski definition) is 0. The summed E-state index contributed by atoms with van der Waals surface area (Å²) in [5, 5.41) is 9.42. The van der Waals surface area contributed by atoms with Gasteiger partial charge in [-0.1, -0.05) is 12.1 Å². The lowest BCUT2D eigenvalue weighted by Gasteiger charge is -2.00. The molecule has 0 aliphatic rings. The molecule has 0 radical (unpaired) electrons. The van der Waals surface area contributed by atoms with Crippen LogP contribution >= 0.6 is 27.7 Å². The molecule has 2 aromatic carbocycles. The number of nitrogens with zero attached hydrogens (tertiary/aromatic N) is 2. The third-order valence-corrected chi connectivity index (χ3v) is 4.38. The summed E-state index contributed by atoms with van der Waals surface area (Å²) >= 11 is 4.87. The molecule has 0 spiro atoms. The molecule has 3 nitrogen and oxygen atoms in total. The van der Waals surface area contributed by atoms with Gasteiger partial charge >= 0.3 is 0 Å². The van der Waals surface area contributed by atoms with Crippen LogP contribution in [0, 0.1) is 11.3 Å². The first-order chi connectivity index (χ1) is 9.26. The van der Waals surface area contributed by atoms with Crippen molar-refractivity contribution in [2.75, 3.05) is 0 Å². The largest absolute Gasteiger partial charge is 0.431 e. The minimum atomic E-state index is 0.589. The predicted molar refractivity (Wildman–Crippen MR) is 77.0 cm³/mol. The maximum Gasteiger partial charge on any atom is 0.261 e. The van der Waals surface area contributed by atoms with Gasteiger partial charge in [-0.3, -0.25) is 0 Å². The third kappa shape index (κ3) is 2.50. The van der Waals surface area contributed by atoms with Crippen molar-refractivity contribution in [3.63, 3.8) is 0 Å². The average molecular weight is 331 g/mol. The van der Waals surface area contributed by atoms with E-state index in [1.807, 2.05) is 30.3 Å². The lowest BCUT2D eigenvalue weighted by atomic mass is 10.2. The predicted octanol–water partition coefficient (Wildman–Crippen LogP) is 4.61. The fourth-order valence-electron chi connectivity index (χ4n) is 1.64. The number of rotatable bonds is 2. The van der Waals surface area contributed by atoms with Crippen LogP contribution in [-0.4, -0.2) is 4.98 Å². The molecule has 1 heterocycles. The zero-order valence-electron chi connectivity index (χ0n) is 9.63. The maximum absolute atomic E-state index is 8.83. The summed E-state index contributed by atoms with van der Waals surface area (Å²) in [6, 6.07) is 15.2. The van der Waals surface area contributed by atoms with E-state index in [2.05, 4.69) is 27.0 Å². The van der Waals surface area contributed by atoms with Gasteiger partial charge in [0.05, 0.1) is 11.6 Å². The maximum atomic E-state index is 8.83. The van der Waals surface area contributed by atoms with Crippen LogP contribution in [0.3, 0.4) is 0 Å². The number of benzene rings is 2. The quantitative estimate of drug-likeness (QED) is 0.688. The van der Waals surface area contributed by atoms with Gasteiger partial charge in [0.25, 0.3) is 5.22 Å². The third-order valence-electron chi connectivity index (χ3n) is 2.53. The molecule has 0 bridgehead atoms. The van der Waals surface area contributed by atoms with E-state index in [0.717, 1.165) is 20.5 Å². The summed E-state index contributed by atoms with van der Waals surface area (Å²) in [5.41, 5.74) is 2.23. The number of oxazole rings is 1. The SMILES string of the molecule is N#Cc1ccc(Sc2nc3ccccc3o2)c(Br)c1. The summed E-state index contributed by atoms with van der Waals surface area (Å²) in [4.78, 5) is 5.37. The van der Waals surface area contributed by atoms with Crippen LogP contribution in [0.25, 0.3) is 11.1 Å². The van der Waals surface area contributed by atoms with Gasteiger partial charge in [-0.2, -0.15) is 5.26 Å². The second-order valence-electron chi connectivity index (χ2n) is 3.81. The van der Waals surface area contributed by atoms with Crippen molar-refractivity contribution in [1.29, 1.82) is 5.26 Å². The van der Waals surface area contributed by atoms with Crippen molar-refractivity contribution in [3.8, 4) is 6.07 Å². The minimum absolute atomic E-state index is 0.589. The molecular weight excluding hydrogens is 324 g/mol. The van der Waals surface area contributed by atoms with E-state index in [-0.39, 0.29) is 0 Å². The number of aromatic nitrogens is 1. The number of hydrogen-bond acceptors (Lipinski definition) is 4. The molecule has 3 aromatic rings. The molecule has 92 valence electrons. The van der Waals surface area contributed by atoms with Crippen LogP contribution in [0.15, 0.2) is 61.5 Å². The van der Waals surface area contributed by atoms with Crippen molar-refractivity contribution in [3.05, 3.63) is 52.5 Å². The number of halogens is 1. The van der Waals surface area contributed by atoms with Crippen molar-refractivity contribution >= 4 is 38.8 Å². The zero-order valence-corrected chi connectivity index (χ0v) is 12.0. The minimum Gasteiger partial charge on any atom is -0.431 e. The molecular formula is C14H7BrN2OS. The normalized spacial score (nSPS) is 10.5. The molecule has 19 heavy (non-hydrogen) atoms. The molecule has 5 heteroatoms. The zero-order chi connectivity index (χ0) is 13.2. The second-order valence-corrected chi connectivity index (χ2v) is 5.65. The Hall–Kier alpha value is -1.77. The van der Waals surface area contributed by atoms with E-state index in [1.54, 1.807) is 12.1 Å². The summed E-state index contributed by atoms with van der Waals surface area (Å²) in [6.45, 7) is 0. The Labute approximate surface area is 122 Å². The molecule has 0 amide bonds. The number of nitriles is 1. The van der Waals surface area contributed by atoms with Crippen LogP contribution in [0.4, 0.5) is 0 Å². The fourth-order valence-corrected chi connectivity index (χ4v) is 3.02. The highest BCUT2D eigenvalue weighted by Gasteiger charge is 2.09. The summed E-state index contributed by atoms with van der Waals surface area (Å²) in [5.74, 6) is 0. The van der Waals surface area contributed by atoms with Gasteiger partial charge in [0, 0.05) is 9.37 Å². The highest BCUT2D eigenvalue weighted by molar-refractivity contribution is 9.10. The van der Waals surface area contributed by atoms with Gasteiger partial charge in [-0.05, 0) is 58.0 Å². The van der Waals surface area contributed by atoms with E-state index in [0.29, 0.717) is 10.8 Å². The van der Waals surface area contributed by atoms with Gasteiger partial charge < -0.3 is 4.42 Å². The Bertz CT molecular complexity index is 758. The van der Waals surface area contributed by atoms with Crippen molar-refractivity contribution < 1.29 is 4.42 Å². The Morgan fingerprint density at radius 3 is 2.79 bits per heavy atom. The second kappa shape index (κ2) is 5.08. The summed E-state index contributed by atoms with van der Waals surface area (Å²) in [7, 11) is 0. The molecule has 3 rings (SSSR count). The number of fused-ring (bicyclic) bond motifs is 1. The Kier molecular flexibility index (Phi) is 3.28. The van der Waals surface area contributed by atoms with E-state index < -0.39 is 0 Å². The molecule has 0 aliphatic heterocycles. The summed E-state index contributed by atoms with van der Waals surface area (Å²) < 4.78 is 6.51. The van der Waals surface area contributed by atoms with E-state index in [9.17, 15) is 0 Å². The van der Waals surface area contributed by atoms with Crippen molar-refractivity contribution in [2.24, 2.45) is 0 Å². The monoisotopic (exact) mass is 330 g/mol. The smallest absolute Gasteiger partial charge is 0.261 e. The molecule has 1 aromatic heterocycles. The van der Waals surface area contributed by atoms with Gasteiger partial charge in [0.15, 0.2) is 5.58 Å². The fraction of sp³-hybridized carbons (Fsp3) is 0. The first kappa shape index (κ1) is 12.3. The van der Waals surface area contributed by atoms with Crippen LogP contribution in [0.5, 0.6) is 0 Å². The topological polar surface area (TPSA) is 49.8 Å². The van der Waals surface area contributed by atoms with E-state index >= 15 is 0 Å². The van der Waals surface area contributed by atoms with Gasteiger partial charge in [0.2, 0.25) is 0 Å². The average Bonchev–Trinajstić information content (AvgIpc) is 2.83. The summed E-state index contributed by atoms with van der Waals surface area (Å²) in [6.07, 6.45) is 0.